The third-order valence-electron chi connectivity index (χ3n) is 5.08. The van der Waals surface area contributed by atoms with E-state index in [4.69, 9.17) is 9.47 Å². The molecular formula is C27H23N3O3S. The number of thiazole rings is 1. The number of carbonyl (C=O) groups excluding carboxylic acids is 1. The van der Waals surface area contributed by atoms with Gasteiger partial charge in [-0.05, 0) is 60.9 Å². The second-order valence-electron chi connectivity index (χ2n) is 7.60. The highest BCUT2D eigenvalue weighted by atomic mass is 32.1. The fourth-order valence-electron chi connectivity index (χ4n) is 3.40. The number of rotatable bonds is 8. The topological polar surface area (TPSA) is 84.2 Å². The molecule has 4 rings (SSSR count). The number of hydrogen-bond acceptors (Lipinski definition) is 6. The van der Waals surface area contributed by atoms with Crippen molar-refractivity contribution in [2.45, 2.75) is 13.8 Å². The summed E-state index contributed by atoms with van der Waals surface area (Å²) < 4.78 is 12.6. The molecule has 0 saturated heterocycles. The van der Waals surface area contributed by atoms with Crippen molar-refractivity contribution in [3.05, 3.63) is 89.0 Å². The first-order valence-corrected chi connectivity index (χ1v) is 11.6. The lowest BCUT2D eigenvalue weighted by molar-refractivity contribution is -0.112. The van der Waals surface area contributed by atoms with Crippen LogP contribution in [0.2, 0.25) is 0 Å². The summed E-state index contributed by atoms with van der Waals surface area (Å²) in [5.74, 6) is 1.07. The number of nitrogens with zero attached hydrogens (tertiary/aromatic N) is 2. The molecule has 3 aromatic carbocycles. The summed E-state index contributed by atoms with van der Waals surface area (Å²) in [6.45, 7) is 4.86. The first kappa shape index (κ1) is 23.0. The predicted molar refractivity (Wildman–Crippen MR) is 135 cm³/mol. The Hall–Kier alpha value is -4.15. The number of carbonyl (C=O) groups is 1. The Bertz CT molecular complexity index is 1330. The molecule has 0 aliphatic carbocycles. The van der Waals surface area contributed by atoms with Gasteiger partial charge in [0.1, 0.15) is 36.4 Å². The summed E-state index contributed by atoms with van der Waals surface area (Å²) in [6, 6.07) is 22.8. The fourth-order valence-corrected chi connectivity index (χ4v) is 4.26. The Morgan fingerprint density at radius 3 is 2.41 bits per heavy atom. The van der Waals surface area contributed by atoms with E-state index in [9.17, 15) is 10.1 Å². The molecule has 7 heteroatoms. The van der Waals surface area contributed by atoms with E-state index in [0.717, 1.165) is 32.7 Å². The summed E-state index contributed by atoms with van der Waals surface area (Å²) in [7, 11) is 0. The van der Waals surface area contributed by atoms with Gasteiger partial charge in [0.25, 0.3) is 5.91 Å². The first-order chi connectivity index (χ1) is 16.5. The highest BCUT2D eigenvalue weighted by Gasteiger charge is 2.12. The van der Waals surface area contributed by atoms with E-state index in [0.29, 0.717) is 24.1 Å². The average molecular weight is 470 g/mol. The summed E-state index contributed by atoms with van der Waals surface area (Å²) in [6.07, 6.45) is 1.54. The molecule has 1 heterocycles. The molecule has 0 unspecified atom stereocenters. The van der Waals surface area contributed by atoms with Crippen molar-refractivity contribution in [3.8, 4) is 17.6 Å². The van der Waals surface area contributed by atoms with E-state index in [1.54, 1.807) is 24.3 Å². The zero-order valence-corrected chi connectivity index (χ0v) is 19.7. The highest BCUT2D eigenvalue weighted by Crippen LogP contribution is 2.26. The Kier molecular flexibility index (Phi) is 7.21. The van der Waals surface area contributed by atoms with Crippen molar-refractivity contribution < 1.29 is 14.3 Å². The number of nitrogens with one attached hydrogen (secondary N) is 1. The van der Waals surface area contributed by atoms with Crippen LogP contribution in [-0.4, -0.2) is 24.1 Å². The van der Waals surface area contributed by atoms with E-state index in [2.05, 4.69) is 10.3 Å². The third-order valence-corrected chi connectivity index (χ3v) is 6.03. The summed E-state index contributed by atoms with van der Waals surface area (Å²) in [5.41, 5.74) is 3.71. The van der Waals surface area contributed by atoms with Crippen LogP contribution >= 0.6 is 11.3 Å². The Morgan fingerprint density at radius 1 is 1.00 bits per heavy atom. The molecule has 0 bridgehead atoms. The minimum Gasteiger partial charge on any atom is -0.490 e. The number of fused-ring (bicyclic) bond motifs is 1. The van der Waals surface area contributed by atoms with E-state index in [1.807, 2.05) is 62.4 Å². The van der Waals surface area contributed by atoms with Crippen LogP contribution in [-0.2, 0) is 4.79 Å². The minimum atomic E-state index is -0.495. The van der Waals surface area contributed by atoms with Crippen molar-refractivity contribution in [2.75, 3.05) is 18.5 Å². The van der Waals surface area contributed by atoms with Gasteiger partial charge in [0.2, 0.25) is 0 Å². The first-order valence-electron chi connectivity index (χ1n) is 10.7. The summed E-state index contributed by atoms with van der Waals surface area (Å²) in [5, 5.41) is 12.6. The quantitative estimate of drug-likeness (QED) is 0.197. The van der Waals surface area contributed by atoms with Gasteiger partial charge < -0.3 is 9.47 Å². The number of ether oxygens (including phenoxy) is 2. The number of anilines is 1. The van der Waals surface area contributed by atoms with Crippen LogP contribution in [0.15, 0.2) is 72.3 Å². The van der Waals surface area contributed by atoms with Crippen LogP contribution in [0.1, 0.15) is 16.7 Å². The van der Waals surface area contributed by atoms with Gasteiger partial charge in [-0.2, -0.15) is 5.26 Å². The fraction of sp³-hybridized carbons (Fsp3) is 0.148. The number of aromatic nitrogens is 1. The number of amides is 1. The van der Waals surface area contributed by atoms with Crippen molar-refractivity contribution in [3.63, 3.8) is 0 Å². The molecule has 0 aliphatic heterocycles. The van der Waals surface area contributed by atoms with E-state index >= 15 is 0 Å². The molecule has 1 N–H and O–H groups in total. The normalized spacial score (nSPS) is 11.1. The SMILES string of the molecule is Cc1cccc(C)c1OCCOc1ccc(/C=C(\C#N)C(=O)Nc2nc3ccccc3s2)cc1. The van der Waals surface area contributed by atoms with Gasteiger partial charge in [0.15, 0.2) is 5.13 Å². The van der Waals surface area contributed by atoms with Crippen molar-refractivity contribution in [2.24, 2.45) is 0 Å². The van der Waals surface area contributed by atoms with E-state index in [-0.39, 0.29) is 5.57 Å². The lowest BCUT2D eigenvalue weighted by Gasteiger charge is -2.12. The highest BCUT2D eigenvalue weighted by molar-refractivity contribution is 7.22. The lowest BCUT2D eigenvalue weighted by atomic mass is 10.1. The van der Waals surface area contributed by atoms with E-state index in [1.165, 1.54) is 17.4 Å². The standard InChI is InChI=1S/C27H23N3O3S/c1-18-6-5-7-19(2)25(18)33-15-14-32-22-12-10-20(11-13-22)16-21(17-28)26(31)30-27-29-23-8-3-4-9-24(23)34-27/h3-13,16H,14-15H2,1-2H3,(H,29,30,31)/b21-16+. The molecule has 4 aromatic rings. The van der Waals surface area contributed by atoms with Gasteiger partial charge in [-0.1, -0.05) is 53.8 Å². The molecule has 0 aliphatic rings. The van der Waals surface area contributed by atoms with Crippen molar-refractivity contribution in [1.82, 2.24) is 4.98 Å². The molecule has 34 heavy (non-hydrogen) atoms. The molecule has 6 nitrogen and oxygen atoms in total. The zero-order chi connectivity index (χ0) is 23.9. The second kappa shape index (κ2) is 10.6. The maximum absolute atomic E-state index is 12.6. The third kappa shape index (κ3) is 5.61. The number of aryl methyl sites for hydroxylation is 2. The molecule has 0 spiro atoms. The zero-order valence-electron chi connectivity index (χ0n) is 18.9. The van der Waals surface area contributed by atoms with Crippen LogP contribution < -0.4 is 14.8 Å². The van der Waals surface area contributed by atoms with Gasteiger partial charge >= 0.3 is 0 Å². The van der Waals surface area contributed by atoms with Gasteiger partial charge in [0.05, 0.1) is 10.2 Å². The Morgan fingerprint density at radius 2 is 1.71 bits per heavy atom. The maximum atomic E-state index is 12.6. The van der Waals surface area contributed by atoms with Gasteiger partial charge in [-0.15, -0.1) is 0 Å². The van der Waals surface area contributed by atoms with Gasteiger partial charge in [-0.25, -0.2) is 4.98 Å². The molecule has 0 atom stereocenters. The van der Waals surface area contributed by atoms with Gasteiger partial charge in [0, 0.05) is 0 Å². The van der Waals surface area contributed by atoms with E-state index < -0.39 is 5.91 Å². The molecular weight excluding hydrogens is 446 g/mol. The van der Waals surface area contributed by atoms with Crippen LogP contribution in [0.5, 0.6) is 11.5 Å². The monoisotopic (exact) mass is 469 g/mol. The number of hydrogen-bond donors (Lipinski definition) is 1. The molecule has 170 valence electrons. The van der Waals surface area contributed by atoms with Crippen LogP contribution in [0, 0.1) is 25.2 Å². The summed E-state index contributed by atoms with van der Waals surface area (Å²) in [4.78, 5) is 16.9. The van der Waals surface area contributed by atoms with Gasteiger partial charge in [-0.3, -0.25) is 10.1 Å². The predicted octanol–water partition coefficient (Wildman–Crippen LogP) is 5.92. The number of para-hydroxylation sites is 2. The molecule has 1 aromatic heterocycles. The van der Waals surface area contributed by atoms with Crippen LogP contribution in [0.3, 0.4) is 0 Å². The largest absolute Gasteiger partial charge is 0.490 e. The Balaban J connectivity index is 1.33. The van der Waals surface area contributed by atoms with Crippen molar-refractivity contribution >= 4 is 38.7 Å². The summed E-state index contributed by atoms with van der Waals surface area (Å²) >= 11 is 1.36. The number of nitriles is 1. The maximum Gasteiger partial charge on any atom is 0.268 e. The molecule has 1 amide bonds. The molecule has 0 fully saturated rings. The average Bonchev–Trinajstić information content (AvgIpc) is 3.24. The lowest BCUT2D eigenvalue weighted by Crippen LogP contribution is -2.13. The minimum absolute atomic E-state index is 0.00470. The number of benzene rings is 3. The van der Waals surface area contributed by atoms with Crippen LogP contribution in [0.4, 0.5) is 5.13 Å². The smallest absolute Gasteiger partial charge is 0.268 e. The van der Waals surface area contributed by atoms with Crippen molar-refractivity contribution in [1.29, 1.82) is 5.26 Å². The molecule has 0 radical (unpaired) electrons. The van der Waals surface area contributed by atoms with Crippen LogP contribution in [0.25, 0.3) is 16.3 Å². The molecule has 0 saturated carbocycles. The second-order valence-corrected chi connectivity index (χ2v) is 8.63. The Labute approximate surface area is 202 Å².